The molecule has 0 aliphatic carbocycles. The summed E-state index contributed by atoms with van der Waals surface area (Å²) in [7, 11) is 0. The zero-order chi connectivity index (χ0) is 14.8. The summed E-state index contributed by atoms with van der Waals surface area (Å²) in [6.45, 7) is 6.72. The Morgan fingerprint density at radius 3 is 2.76 bits per heavy atom. The van der Waals surface area contributed by atoms with E-state index in [0.717, 1.165) is 26.1 Å². The minimum absolute atomic E-state index is 0.0106. The van der Waals surface area contributed by atoms with Crippen molar-refractivity contribution in [3.05, 3.63) is 11.9 Å². The van der Waals surface area contributed by atoms with Crippen molar-refractivity contribution in [3.8, 4) is 0 Å². The summed E-state index contributed by atoms with van der Waals surface area (Å²) in [6.07, 6.45) is 6.59. The summed E-state index contributed by atoms with van der Waals surface area (Å²) in [5.74, 6) is -0.0106. The zero-order valence-electron chi connectivity index (χ0n) is 12.8. The maximum atomic E-state index is 12.7. The Bertz CT molecular complexity index is 506. The van der Waals surface area contributed by atoms with Crippen LogP contribution in [0.4, 0.5) is 5.69 Å². The van der Waals surface area contributed by atoms with E-state index in [2.05, 4.69) is 10.00 Å². The van der Waals surface area contributed by atoms with Gasteiger partial charge in [0, 0.05) is 31.9 Å². The van der Waals surface area contributed by atoms with Crippen molar-refractivity contribution >= 4 is 11.6 Å². The molecule has 2 fully saturated rings. The number of nitrogens with two attached hydrogens (primary N) is 1. The summed E-state index contributed by atoms with van der Waals surface area (Å²) in [5.41, 5.74) is 6.85. The summed E-state index contributed by atoms with van der Waals surface area (Å²) in [5, 5.41) is 4.31. The second-order valence-corrected chi connectivity index (χ2v) is 6.08. The van der Waals surface area contributed by atoms with E-state index >= 15 is 0 Å². The summed E-state index contributed by atoms with van der Waals surface area (Å²) in [4.78, 5) is 17.1. The Labute approximate surface area is 125 Å². The zero-order valence-corrected chi connectivity index (χ0v) is 12.8. The maximum Gasteiger partial charge on any atom is 0.276 e. The molecule has 1 aromatic heterocycles. The van der Waals surface area contributed by atoms with Gasteiger partial charge in [-0.3, -0.25) is 14.4 Å². The van der Waals surface area contributed by atoms with Gasteiger partial charge in [-0.15, -0.1) is 0 Å². The standard InChI is InChI=1S/C15H25N5O/c1-2-20-11-13(16)14(17-20)15(21)19-9-5-6-12(10-19)18-7-3-4-8-18/h11-12H,2-10,16H2,1H3. The van der Waals surface area contributed by atoms with Crippen LogP contribution in [0.15, 0.2) is 6.20 Å². The number of nitrogens with zero attached hydrogens (tertiary/aromatic N) is 4. The average molecular weight is 291 g/mol. The van der Waals surface area contributed by atoms with E-state index < -0.39 is 0 Å². The lowest BCUT2D eigenvalue weighted by atomic mass is 10.0. The number of amides is 1. The van der Waals surface area contributed by atoms with E-state index in [-0.39, 0.29) is 5.91 Å². The fourth-order valence-corrected chi connectivity index (χ4v) is 3.46. The lowest BCUT2D eigenvalue weighted by Gasteiger charge is -2.37. The molecule has 0 aromatic carbocycles. The van der Waals surface area contributed by atoms with Crippen LogP contribution < -0.4 is 5.73 Å². The van der Waals surface area contributed by atoms with Gasteiger partial charge in [0.15, 0.2) is 5.69 Å². The SMILES string of the molecule is CCn1cc(N)c(C(=O)N2CCCC(N3CCCC3)C2)n1. The van der Waals surface area contributed by atoms with Gasteiger partial charge < -0.3 is 10.6 Å². The molecule has 6 nitrogen and oxygen atoms in total. The molecule has 21 heavy (non-hydrogen) atoms. The van der Waals surface area contributed by atoms with Gasteiger partial charge in [-0.2, -0.15) is 5.10 Å². The molecule has 6 heteroatoms. The number of nitrogen functional groups attached to an aromatic ring is 1. The number of hydrogen-bond acceptors (Lipinski definition) is 4. The highest BCUT2D eigenvalue weighted by Crippen LogP contribution is 2.22. The lowest BCUT2D eigenvalue weighted by molar-refractivity contribution is 0.0602. The Balaban J connectivity index is 1.70. The number of piperidine rings is 1. The molecule has 2 N–H and O–H groups in total. The van der Waals surface area contributed by atoms with Gasteiger partial charge in [-0.1, -0.05) is 0 Å². The largest absolute Gasteiger partial charge is 0.396 e. The fourth-order valence-electron chi connectivity index (χ4n) is 3.46. The molecule has 116 valence electrons. The van der Waals surface area contributed by atoms with Crippen molar-refractivity contribution in [1.29, 1.82) is 0 Å². The molecular formula is C15H25N5O. The van der Waals surface area contributed by atoms with Gasteiger partial charge in [0.25, 0.3) is 5.91 Å². The topological polar surface area (TPSA) is 67.4 Å². The van der Waals surface area contributed by atoms with Gasteiger partial charge >= 0.3 is 0 Å². The monoisotopic (exact) mass is 291 g/mol. The van der Waals surface area contributed by atoms with E-state index in [4.69, 9.17) is 5.73 Å². The minimum atomic E-state index is -0.0106. The normalized spacial score (nSPS) is 23.7. The van der Waals surface area contributed by atoms with Crippen LogP contribution in [-0.2, 0) is 6.54 Å². The number of carbonyl (C=O) groups is 1. The van der Waals surface area contributed by atoms with Crippen LogP contribution in [0.3, 0.4) is 0 Å². The Morgan fingerprint density at radius 1 is 1.33 bits per heavy atom. The molecule has 0 spiro atoms. The van der Waals surface area contributed by atoms with Gasteiger partial charge in [0.2, 0.25) is 0 Å². The van der Waals surface area contributed by atoms with Crippen LogP contribution in [0.1, 0.15) is 43.1 Å². The first-order valence-electron chi connectivity index (χ1n) is 8.05. The third kappa shape index (κ3) is 2.90. The number of carbonyl (C=O) groups excluding carboxylic acids is 1. The Morgan fingerprint density at radius 2 is 2.10 bits per heavy atom. The molecule has 2 aliphatic rings. The second-order valence-electron chi connectivity index (χ2n) is 6.08. The van der Waals surface area contributed by atoms with E-state index in [9.17, 15) is 4.79 Å². The molecule has 2 aliphatic heterocycles. The number of hydrogen-bond donors (Lipinski definition) is 1. The van der Waals surface area contributed by atoms with Crippen molar-refractivity contribution < 1.29 is 4.79 Å². The average Bonchev–Trinajstić information content (AvgIpc) is 3.16. The molecular weight excluding hydrogens is 266 g/mol. The number of rotatable bonds is 3. The van der Waals surface area contributed by atoms with Gasteiger partial charge in [0.05, 0.1) is 5.69 Å². The van der Waals surface area contributed by atoms with Crippen LogP contribution in [0.2, 0.25) is 0 Å². The molecule has 2 saturated heterocycles. The van der Waals surface area contributed by atoms with Crippen LogP contribution in [0.25, 0.3) is 0 Å². The van der Waals surface area contributed by atoms with Crippen molar-refractivity contribution in [2.45, 2.75) is 45.2 Å². The number of anilines is 1. The third-order valence-corrected chi connectivity index (χ3v) is 4.66. The van der Waals surface area contributed by atoms with Crippen LogP contribution in [0, 0.1) is 0 Å². The number of aromatic nitrogens is 2. The molecule has 3 rings (SSSR count). The Hall–Kier alpha value is -1.56. The van der Waals surface area contributed by atoms with Crippen molar-refractivity contribution in [3.63, 3.8) is 0 Å². The molecule has 1 atom stereocenters. The Kier molecular flexibility index (Phi) is 4.14. The van der Waals surface area contributed by atoms with E-state index in [0.29, 0.717) is 17.4 Å². The molecule has 0 bridgehead atoms. The highest BCUT2D eigenvalue weighted by molar-refractivity contribution is 5.97. The van der Waals surface area contributed by atoms with Crippen LogP contribution >= 0.6 is 0 Å². The van der Waals surface area contributed by atoms with E-state index in [1.54, 1.807) is 10.9 Å². The molecule has 3 heterocycles. The lowest BCUT2D eigenvalue weighted by Crippen LogP contribution is -2.49. The first kappa shape index (κ1) is 14.4. The van der Waals surface area contributed by atoms with Gasteiger partial charge in [-0.05, 0) is 45.7 Å². The van der Waals surface area contributed by atoms with Gasteiger partial charge in [-0.25, -0.2) is 0 Å². The van der Waals surface area contributed by atoms with Crippen molar-refractivity contribution in [2.75, 3.05) is 31.9 Å². The van der Waals surface area contributed by atoms with Gasteiger partial charge in [0.1, 0.15) is 0 Å². The minimum Gasteiger partial charge on any atom is -0.396 e. The number of likely N-dealkylation sites (tertiary alicyclic amines) is 2. The summed E-state index contributed by atoms with van der Waals surface area (Å²) >= 11 is 0. The fraction of sp³-hybridized carbons (Fsp3) is 0.733. The quantitative estimate of drug-likeness (QED) is 0.908. The van der Waals surface area contributed by atoms with Crippen molar-refractivity contribution in [2.24, 2.45) is 0 Å². The predicted octanol–water partition coefficient (Wildman–Crippen LogP) is 1.19. The molecule has 1 unspecified atom stereocenters. The molecule has 0 radical (unpaired) electrons. The maximum absolute atomic E-state index is 12.7. The summed E-state index contributed by atoms with van der Waals surface area (Å²) < 4.78 is 1.73. The highest BCUT2D eigenvalue weighted by Gasteiger charge is 2.31. The third-order valence-electron chi connectivity index (χ3n) is 4.66. The van der Waals surface area contributed by atoms with Crippen LogP contribution in [0.5, 0.6) is 0 Å². The molecule has 0 saturated carbocycles. The van der Waals surface area contributed by atoms with Crippen LogP contribution in [-0.4, -0.2) is 57.7 Å². The first-order valence-corrected chi connectivity index (χ1v) is 8.05. The summed E-state index contributed by atoms with van der Waals surface area (Å²) in [6, 6.07) is 0.514. The van der Waals surface area contributed by atoms with E-state index in [1.807, 2.05) is 11.8 Å². The second kappa shape index (κ2) is 6.05. The predicted molar refractivity (Wildman–Crippen MR) is 82.0 cm³/mol. The van der Waals surface area contributed by atoms with Crippen molar-refractivity contribution in [1.82, 2.24) is 19.6 Å². The first-order chi connectivity index (χ1) is 10.2. The smallest absolute Gasteiger partial charge is 0.276 e. The number of aryl methyl sites for hydroxylation is 1. The molecule has 1 amide bonds. The van der Waals surface area contributed by atoms with E-state index in [1.165, 1.54) is 32.4 Å². The molecule has 1 aromatic rings. The highest BCUT2D eigenvalue weighted by atomic mass is 16.2.